The number of hydrogen-bond donors (Lipinski definition) is 4. The van der Waals surface area contributed by atoms with Crippen LogP contribution in [0.15, 0.2) is 48.5 Å². The SMILES string of the molecule is COC(=O)C(CCSC)NC(=O)c1cc(NCC2CC(S)CN2)ccc1-c1ccccc1. The van der Waals surface area contributed by atoms with Crippen LogP contribution in [0, 0.1) is 0 Å². The van der Waals surface area contributed by atoms with Gasteiger partial charge in [-0.3, -0.25) is 4.79 Å². The molecular weight excluding hydrogens is 442 g/mol. The van der Waals surface area contributed by atoms with Gasteiger partial charge in [-0.25, -0.2) is 4.79 Å². The molecule has 2 aromatic carbocycles. The fraction of sp³-hybridized carbons (Fsp3) is 0.417. The highest BCUT2D eigenvalue weighted by Gasteiger charge is 2.24. The molecule has 1 fully saturated rings. The van der Waals surface area contributed by atoms with E-state index in [2.05, 4.69) is 28.6 Å². The Morgan fingerprint density at radius 1 is 1.25 bits per heavy atom. The van der Waals surface area contributed by atoms with Gasteiger partial charge in [-0.05, 0) is 48.1 Å². The van der Waals surface area contributed by atoms with Crippen LogP contribution in [0.4, 0.5) is 5.69 Å². The lowest BCUT2D eigenvalue weighted by molar-refractivity contribution is -0.142. The molecule has 0 spiro atoms. The molecule has 3 N–H and O–H groups in total. The number of methoxy groups -OCH3 is 1. The number of thiol groups is 1. The molecule has 6 nitrogen and oxygen atoms in total. The Balaban J connectivity index is 1.83. The topological polar surface area (TPSA) is 79.5 Å². The molecule has 0 saturated carbocycles. The van der Waals surface area contributed by atoms with Crippen molar-refractivity contribution >= 4 is 42.0 Å². The van der Waals surface area contributed by atoms with Gasteiger partial charge in [0.25, 0.3) is 5.91 Å². The molecule has 3 rings (SSSR count). The van der Waals surface area contributed by atoms with Gasteiger partial charge < -0.3 is 20.7 Å². The Kier molecular flexibility index (Phi) is 9.32. The first-order valence-corrected chi connectivity index (χ1v) is 12.6. The molecule has 0 bridgehead atoms. The summed E-state index contributed by atoms with van der Waals surface area (Å²) in [5, 5.41) is 10.1. The van der Waals surface area contributed by atoms with E-state index in [-0.39, 0.29) is 5.91 Å². The molecule has 0 aromatic heterocycles. The Morgan fingerprint density at radius 3 is 2.69 bits per heavy atom. The minimum atomic E-state index is -0.685. The first-order chi connectivity index (χ1) is 15.5. The van der Waals surface area contributed by atoms with Gasteiger partial charge in [0.15, 0.2) is 0 Å². The fourth-order valence-corrected chi connectivity index (χ4v) is 4.60. The van der Waals surface area contributed by atoms with E-state index in [4.69, 9.17) is 4.74 Å². The van der Waals surface area contributed by atoms with E-state index in [0.717, 1.165) is 42.1 Å². The van der Waals surface area contributed by atoms with Crippen LogP contribution in [-0.4, -0.2) is 61.4 Å². The third kappa shape index (κ3) is 6.67. The number of anilines is 1. The summed E-state index contributed by atoms with van der Waals surface area (Å²) in [7, 11) is 1.34. The second-order valence-corrected chi connectivity index (χ2v) is 9.55. The van der Waals surface area contributed by atoms with Gasteiger partial charge in [-0.1, -0.05) is 36.4 Å². The lowest BCUT2D eigenvalue weighted by Crippen LogP contribution is -2.42. The maximum absolute atomic E-state index is 13.3. The van der Waals surface area contributed by atoms with Crippen LogP contribution in [0.25, 0.3) is 11.1 Å². The van der Waals surface area contributed by atoms with Crippen molar-refractivity contribution in [2.45, 2.75) is 30.2 Å². The van der Waals surface area contributed by atoms with Crippen molar-refractivity contribution in [3.8, 4) is 11.1 Å². The number of esters is 1. The van der Waals surface area contributed by atoms with Gasteiger partial charge in [-0.15, -0.1) is 0 Å². The minimum absolute atomic E-state index is 0.293. The molecule has 1 heterocycles. The fourth-order valence-electron chi connectivity index (χ4n) is 3.77. The van der Waals surface area contributed by atoms with Crippen molar-refractivity contribution < 1.29 is 14.3 Å². The number of thioether (sulfide) groups is 1. The molecule has 1 aliphatic rings. The summed E-state index contributed by atoms with van der Waals surface area (Å²) in [6.07, 6.45) is 3.48. The minimum Gasteiger partial charge on any atom is -0.467 e. The lowest BCUT2D eigenvalue weighted by atomic mass is 9.98. The lowest BCUT2D eigenvalue weighted by Gasteiger charge is -2.19. The van der Waals surface area contributed by atoms with Crippen molar-refractivity contribution in [1.29, 1.82) is 0 Å². The monoisotopic (exact) mass is 473 g/mol. The molecule has 32 heavy (non-hydrogen) atoms. The molecule has 3 atom stereocenters. The van der Waals surface area contributed by atoms with Crippen LogP contribution < -0.4 is 16.0 Å². The summed E-state index contributed by atoms with van der Waals surface area (Å²) in [6.45, 7) is 1.66. The zero-order chi connectivity index (χ0) is 22.9. The molecule has 1 aliphatic heterocycles. The zero-order valence-electron chi connectivity index (χ0n) is 18.5. The molecule has 2 aromatic rings. The average molecular weight is 474 g/mol. The summed E-state index contributed by atoms with van der Waals surface area (Å²) in [4.78, 5) is 25.5. The maximum Gasteiger partial charge on any atom is 0.328 e. The van der Waals surface area contributed by atoms with E-state index in [1.165, 1.54) is 7.11 Å². The number of benzene rings is 2. The molecule has 3 unspecified atom stereocenters. The predicted molar refractivity (Wildman–Crippen MR) is 136 cm³/mol. The Labute approximate surface area is 199 Å². The van der Waals surface area contributed by atoms with Crippen LogP contribution in [0.2, 0.25) is 0 Å². The van der Waals surface area contributed by atoms with Gasteiger partial charge in [0, 0.05) is 35.6 Å². The van der Waals surface area contributed by atoms with E-state index in [9.17, 15) is 9.59 Å². The molecule has 0 radical (unpaired) electrons. The van der Waals surface area contributed by atoms with Gasteiger partial charge in [-0.2, -0.15) is 24.4 Å². The zero-order valence-corrected chi connectivity index (χ0v) is 20.2. The molecule has 0 aliphatic carbocycles. The number of carbonyl (C=O) groups excluding carboxylic acids is 2. The maximum atomic E-state index is 13.3. The molecular formula is C24H31N3O3S2. The van der Waals surface area contributed by atoms with Crippen molar-refractivity contribution in [3.63, 3.8) is 0 Å². The van der Waals surface area contributed by atoms with Crippen molar-refractivity contribution in [2.75, 3.05) is 37.5 Å². The third-order valence-corrected chi connectivity index (χ3v) is 6.54. The number of ether oxygens (including phenoxy) is 1. The summed E-state index contributed by atoms with van der Waals surface area (Å²) in [6, 6.07) is 15.2. The average Bonchev–Trinajstić information content (AvgIpc) is 3.25. The van der Waals surface area contributed by atoms with E-state index < -0.39 is 12.0 Å². The van der Waals surface area contributed by atoms with Crippen molar-refractivity contribution in [3.05, 3.63) is 54.1 Å². The molecule has 172 valence electrons. The first kappa shape index (κ1) is 24.5. The molecule has 8 heteroatoms. The van der Waals surface area contributed by atoms with Crippen LogP contribution >= 0.6 is 24.4 Å². The smallest absolute Gasteiger partial charge is 0.328 e. The summed E-state index contributed by atoms with van der Waals surface area (Å²) >= 11 is 6.15. The van der Waals surface area contributed by atoms with Gasteiger partial charge >= 0.3 is 5.97 Å². The second kappa shape index (κ2) is 12.2. The van der Waals surface area contributed by atoms with E-state index in [0.29, 0.717) is 23.3 Å². The number of hydrogen-bond acceptors (Lipinski definition) is 7. The largest absolute Gasteiger partial charge is 0.467 e. The highest BCUT2D eigenvalue weighted by molar-refractivity contribution is 7.98. The Morgan fingerprint density at radius 2 is 2.03 bits per heavy atom. The summed E-state index contributed by atoms with van der Waals surface area (Å²) < 4.78 is 4.90. The van der Waals surface area contributed by atoms with Crippen molar-refractivity contribution in [1.82, 2.24) is 10.6 Å². The molecule has 1 saturated heterocycles. The number of carbonyl (C=O) groups is 2. The summed E-state index contributed by atoms with van der Waals surface area (Å²) in [5.74, 6) is 0.0169. The number of rotatable bonds is 10. The Hall–Kier alpha value is -2.16. The first-order valence-electron chi connectivity index (χ1n) is 10.7. The van der Waals surface area contributed by atoms with Crippen molar-refractivity contribution in [2.24, 2.45) is 0 Å². The quantitative estimate of drug-likeness (QED) is 0.313. The van der Waals surface area contributed by atoms with Gasteiger partial charge in [0.2, 0.25) is 0 Å². The Bertz CT molecular complexity index is 911. The van der Waals surface area contributed by atoms with Crippen LogP contribution in [0.5, 0.6) is 0 Å². The van der Waals surface area contributed by atoms with Gasteiger partial charge in [0.05, 0.1) is 7.11 Å². The predicted octanol–water partition coefficient (Wildman–Crippen LogP) is 3.45. The second-order valence-electron chi connectivity index (χ2n) is 7.83. The van der Waals surface area contributed by atoms with E-state index >= 15 is 0 Å². The third-order valence-electron chi connectivity index (χ3n) is 5.50. The van der Waals surface area contributed by atoms with E-state index in [1.54, 1.807) is 11.8 Å². The summed E-state index contributed by atoms with van der Waals surface area (Å²) in [5.41, 5.74) is 3.14. The van der Waals surface area contributed by atoms with Crippen LogP contribution in [0.1, 0.15) is 23.2 Å². The number of nitrogens with one attached hydrogen (secondary N) is 3. The standard InChI is InChI=1S/C24H31N3O3S2/c1-30-24(29)22(10-11-32-2)27-23(28)21-13-17(25-14-18-12-19(31)15-26-18)8-9-20(21)16-6-4-3-5-7-16/h3-9,13,18-19,22,25-26,31H,10-12,14-15H2,1-2H3,(H,27,28). The normalized spacial score (nSPS) is 18.7. The van der Waals surface area contributed by atoms with Crippen LogP contribution in [0.3, 0.4) is 0 Å². The van der Waals surface area contributed by atoms with Gasteiger partial charge in [0.1, 0.15) is 6.04 Å². The molecule has 1 amide bonds. The highest BCUT2D eigenvalue weighted by Crippen LogP contribution is 2.27. The number of amides is 1. The van der Waals surface area contributed by atoms with Crippen LogP contribution in [-0.2, 0) is 9.53 Å². The van der Waals surface area contributed by atoms with E-state index in [1.807, 2.05) is 54.8 Å². The highest BCUT2D eigenvalue weighted by atomic mass is 32.2.